The number of hydrogen-bond donors (Lipinski definition) is 0. The van der Waals surface area contributed by atoms with Crippen LogP contribution in [0.25, 0.3) is 28.3 Å². The lowest BCUT2D eigenvalue weighted by atomic mass is 9.86. The first-order valence-corrected chi connectivity index (χ1v) is 11.3. The Labute approximate surface area is 190 Å². The normalized spacial score (nSPS) is 14.4. The molecule has 3 aromatic rings. The van der Waals surface area contributed by atoms with E-state index in [9.17, 15) is 0 Å². The third kappa shape index (κ3) is 3.90. The molecule has 156 valence electrons. The van der Waals surface area contributed by atoms with Gasteiger partial charge in [0.2, 0.25) is 0 Å². The van der Waals surface area contributed by atoms with Crippen LogP contribution >= 0.6 is 0 Å². The molecule has 0 saturated heterocycles. The Balaban J connectivity index is 1.52. The Kier molecular flexibility index (Phi) is 5.48. The third-order valence-corrected chi connectivity index (χ3v) is 6.47. The molecule has 5 rings (SSSR count). The highest BCUT2D eigenvalue weighted by Gasteiger charge is 2.15. The molecule has 0 aliphatic heterocycles. The van der Waals surface area contributed by atoms with E-state index < -0.39 is 0 Å². The van der Waals surface area contributed by atoms with Crippen LogP contribution in [0.3, 0.4) is 0 Å². The molecule has 0 spiro atoms. The number of allylic oxidation sites excluding steroid dienone is 5. The molecule has 0 atom stereocenters. The molecular weight excluding hydrogens is 388 g/mol. The highest BCUT2D eigenvalue weighted by atomic mass is 15.1. The van der Waals surface area contributed by atoms with Crippen LogP contribution in [-0.4, -0.2) is 7.05 Å². The topological polar surface area (TPSA) is 27.0 Å². The largest absolute Gasteiger partial charge is 0.348 e. The van der Waals surface area contributed by atoms with Crippen LogP contribution in [0.4, 0.5) is 5.69 Å². The third-order valence-electron chi connectivity index (χ3n) is 6.47. The summed E-state index contributed by atoms with van der Waals surface area (Å²) in [5.74, 6) is 0. The van der Waals surface area contributed by atoms with Crippen LogP contribution < -0.4 is 4.90 Å². The van der Waals surface area contributed by atoms with Crippen molar-refractivity contribution in [1.29, 1.82) is 5.26 Å². The van der Waals surface area contributed by atoms with Gasteiger partial charge in [-0.05, 0) is 95.5 Å². The lowest BCUT2D eigenvalue weighted by Crippen LogP contribution is -2.16. The van der Waals surface area contributed by atoms with Gasteiger partial charge in [0.15, 0.2) is 0 Å². The van der Waals surface area contributed by atoms with E-state index in [4.69, 9.17) is 5.26 Å². The first kappa shape index (κ1) is 20.1. The molecule has 0 radical (unpaired) electrons. The van der Waals surface area contributed by atoms with Crippen molar-refractivity contribution in [1.82, 2.24) is 0 Å². The summed E-state index contributed by atoms with van der Waals surface area (Å²) in [6, 6.07) is 23.7. The van der Waals surface area contributed by atoms with Crippen LogP contribution in [0.1, 0.15) is 36.0 Å². The summed E-state index contributed by atoms with van der Waals surface area (Å²) >= 11 is 0. The van der Waals surface area contributed by atoms with Gasteiger partial charge in [-0.1, -0.05) is 54.6 Å². The Bertz CT molecular complexity index is 1270. The molecule has 2 aliphatic rings. The number of hydrogen-bond acceptors (Lipinski definition) is 2. The quantitative estimate of drug-likeness (QED) is 0.441. The molecule has 0 heterocycles. The monoisotopic (exact) mass is 414 g/mol. The fraction of sp³-hybridized carbons (Fsp3) is 0.167. The molecule has 2 aliphatic carbocycles. The van der Waals surface area contributed by atoms with Crippen molar-refractivity contribution in [3.05, 3.63) is 107 Å². The van der Waals surface area contributed by atoms with Gasteiger partial charge in [-0.2, -0.15) is 5.26 Å². The second-order valence-electron chi connectivity index (χ2n) is 8.46. The van der Waals surface area contributed by atoms with Crippen molar-refractivity contribution in [2.75, 3.05) is 11.9 Å². The minimum absolute atomic E-state index is 0.692. The van der Waals surface area contributed by atoms with Crippen molar-refractivity contribution in [2.45, 2.75) is 25.7 Å². The van der Waals surface area contributed by atoms with Crippen molar-refractivity contribution in [3.63, 3.8) is 0 Å². The fourth-order valence-electron chi connectivity index (χ4n) is 4.60. The Morgan fingerprint density at radius 1 is 0.812 bits per heavy atom. The average molecular weight is 415 g/mol. The summed E-state index contributed by atoms with van der Waals surface area (Å²) in [5.41, 5.74) is 10.8. The molecule has 0 N–H and O–H groups in total. The number of rotatable bonds is 4. The number of aryl methyl sites for hydroxylation is 1. The summed E-state index contributed by atoms with van der Waals surface area (Å²) < 4.78 is 0. The van der Waals surface area contributed by atoms with Crippen molar-refractivity contribution < 1.29 is 0 Å². The number of nitrogens with zero attached hydrogens (tertiary/aromatic N) is 2. The summed E-state index contributed by atoms with van der Waals surface area (Å²) in [6.45, 7) is 0. The van der Waals surface area contributed by atoms with E-state index in [1.54, 1.807) is 0 Å². The van der Waals surface area contributed by atoms with Crippen molar-refractivity contribution in [2.24, 2.45) is 0 Å². The van der Waals surface area contributed by atoms with Gasteiger partial charge in [0, 0.05) is 18.4 Å². The number of benzene rings is 3. The van der Waals surface area contributed by atoms with Crippen LogP contribution in [0.2, 0.25) is 0 Å². The zero-order valence-corrected chi connectivity index (χ0v) is 18.4. The van der Waals surface area contributed by atoms with E-state index in [-0.39, 0.29) is 0 Å². The van der Waals surface area contributed by atoms with Gasteiger partial charge in [-0.3, -0.25) is 0 Å². The summed E-state index contributed by atoms with van der Waals surface area (Å²) in [7, 11) is 2.15. The standard InChI is InChI=1S/C30H26N2/c1-32(27-8-3-2-4-9-27)28-17-15-23(16-18-28)26-19-25-7-5-6-10-29(25)30(20-26)24-13-11-22(21-31)12-14-24/h2-3,6,8,10-20H,4-5,7,9H2,1H3. The van der Waals surface area contributed by atoms with Gasteiger partial charge in [-0.15, -0.1) is 0 Å². The van der Waals surface area contributed by atoms with E-state index in [1.165, 1.54) is 39.2 Å². The van der Waals surface area contributed by atoms with Gasteiger partial charge < -0.3 is 4.90 Å². The maximum absolute atomic E-state index is 9.16. The van der Waals surface area contributed by atoms with Gasteiger partial charge in [0.05, 0.1) is 11.6 Å². The first-order valence-electron chi connectivity index (χ1n) is 11.3. The molecule has 0 amide bonds. The first-order chi connectivity index (χ1) is 15.7. The highest BCUT2D eigenvalue weighted by Crippen LogP contribution is 2.36. The van der Waals surface area contributed by atoms with Crippen LogP contribution in [0.15, 0.2) is 90.7 Å². The van der Waals surface area contributed by atoms with E-state index in [0.29, 0.717) is 5.56 Å². The molecule has 0 bridgehead atoms. The molecular formula is C30H26N2. The minimum atomic E-state index is 0.692. The van der Waals surface area contributed by atoms with Crippen molar-refractivity contribution in [3.8, 4) is 28.3 Å². The van der Waals surface area contributed by atoms with E-state index in [2.05, 4.69) is 96.9 Å². The number of anilines is 1. The van der Waals surface area contributed by atoms with E-state index >= 15 is 0 Å². The fourth-order valence-corrected chi connectivity index (χ4v) is 4.60. The maximum Gasteiger partial charge on any atom is 0.0991 e. The molecule has 2 nitrogen and oxygen atoms in total. The average Bonchev–Trinajstić information content (AvgIpc) is 2.88. The van der Waals surface area contributed by atoms with Crippen LogP contribution in [0, 0.1) is 11.3 Å². The Hall–Kier alpha value is -3.83. The number of nitriles is 1. The second-order valence-corrected chi connectivity index (χ2v) is 8.46. The van der Waals surface area contributed by atoms with E-state index in [0.717, 1.165) is 31.2 Å². The van der Waals surface area contributed by atoms with Gasteiger partial charge in [-0.25, -0.2) is 0 Å². The van der Waals surface area contributed by atoms with Gasteiger partial charge in [0.1, 0.15) is 0 Å². The molecule has 2 heteroatoms. The zero-order valence-electron chi connectivity index (χ0n) is 18.4. The van der Waals surface area contributed by atoms with Crippen molar-refractivity contribution >= 4 is 11.8 Å². The van der Waals surface area contributed by atoms with Crippen LogP contribution in [-0.2, 0) is 6.42 Å². The summed E-state index contributed by atoms with van der Waals surface area (Å²) in [6.07, 6.45) is 15.4. The lowest BCUT2D eigenvalue weighted by Gasteiger charge is -2.24. The van der Waals surface area contributed by atoms with Gasteiger partial charge >= 0.3 is 0 Å². The molecule has 32 heavy (non-hydrogen) atoms. The zero-order chi connectivity index (χ0) is 21.9. The van der Waals surface area contributed by atoms with Gasteiger partial charge in [0.25, 0.3) is 0 Å². The minimum Gasteiger partial charge on any atom is -0.348 e. The van der Waals surface area contributed by atoms with Crippen LogP contribution in [0.5, 0.6) is 0 Å². The highest BCUT2D eigenvalue weighted by molar-refractivity contribution is 5.83. The molecule has 0 unspecified atom stereocenters. The smallest absolute Gasteiger partial charge is 0.0991 e. The SMILES string of the molecule is CN(C1=CC=CCC1)c1ccc(-c2cc3c(c(-c4ccc(C#N)cc4)c2)C=CCC3)cc1. The Morgan fingerprint density at radius 2 is 1.56 bits per heavy atom. The predicted octanol–water partition coefficient (Wildman–Crippen LogP) is 7.52. The number of fused-ring (bicyclic) bond motifs is 1. The van der Waals surface area contributed by atoms with E-state index in [1.807, 2.05) is 12.1 Å². The lowest BCUT2D eigenvalue weighted by molar-refractivity contribution is 0.896. The molecule has 3 aromatic carbocycles. The maximum atomic E-state index is 9.16. The molecule has 0 fully saturated rings. The summed E-state index contributed by atoms with van der Waals surface area (Å²) in [5, 5.41) is 9.16. The Morgan fingerprint density at radius 3 is 2.28 bits per heavy atom. The molecule has 0 saturated carbocycles. The second kappa shape index (κ2) is 8.73. The predicted molar refractivity (Wildman–Crippen MR) is 134 cm³/mol. The molecule has 0 aromatic heterocycles. The summed E-state index contributed by atoms with van der Waals surface area (Å²) in [4.78, 5) is 2.28.